The van der Waals surface area contributed by atoms with Crippen LogP contribution in [0.15, 0.2) is 24.3 Å². The first kappa shape index (κ1) is 16.0. The average molecular weight is 306 g/mol. The van der Waals surface area contributed by atoms with Gasteiger partial charge in [0.2, 0.25) is 10.0 Å². The third-order valence-electron chi connectivity index (χ3n) is 4.13. The molecule has 114 valence electrons. The Balaban J connectivity index is 1.94. The quantitative estimate of drug-likeness (QED) is 0.929. The second kappa shape index (κ2) is 6.17. The predicted molar refractivity (Wildman–Crippen MR) is 83.0 cm³/mol. The molecule has 0 saturated heterocycles. The molecule has 1 aromatic rings. The lowest BCUT2D eigenvalue weighted by atomic mass is 9.76. The van der Waals surface area contributed by atoms with Gasteiger partial charge in [-0.25, -0.2) is 13.1 Å². The first-order valence-electron chi connectivity index (χ1n) is 7.29. The number of nitriles is 1. The van der Waals surface area contributed by atoms with Gasteiger partial charge in [0.05, 0.1) is 17.4 Å². The van der Waals surface area contributed by atoms with Crippen LogP contribution in [0.3, 0.4) is 0 Å². The van der Waals surface area contributed by atoms with Gasteiger partial charge in [0.1, 0.15) is 0 Å². The molecule has 0 aromatic heterocycles. The molecule has 0 amide bonds. The van der Waals surface area contributed by atoms with Gasteiger partial charge in [-0.3, -0.25) is 0 Å². The van der Waals surface area contributed by atoms with E-state index in [1.807, 2.05) is 6.07 Å². The molecule has 0 radical (unpaired) electrons. The summed E-state index contributed by atoms with van der Waals surface area (Å²) in [4.78, 5) is 0. The second-order valence-electron chi connectivity index (χ2n) is 6.62. The van der Waals surface area contributed by atoms with E-state index in [-0.39, 0.29) is 11.8 Å². The summed E-state index contributed by atoms with van der Waals surface area (Å²) in [6, 6.07) is 8.77. The molecule has 0 bridgehead atoms. The number of sulfonamides is 1. The molecular formula is C16H22N2O2S. The van der Waals surface area contributed by atoms with Crippen LogP contribution in [-0.2, 0) is 15.8 Å². The highest BCUT2D eigenvalue weighted by Crippen LogP contribution is 2.35. The summed E-state index contributed by atoms with van der Waals surface area (Å²) in [5.74, 6) is -0.0292. The Morgan fingerprint density at radius 1 is 1.24 bits per heavy atom. The first-order valence-corrected chi connectivity index (χ1v) is 8.94. The van der Waals surface area contributed by atoms with E-state index < -0.39 is 10.0 Å². The van der Waals surface area contributed by atoms with Crippen molar-refractivity contribution in [1.82, 2.24) is 4.72 Å². The maximum atomic E-state index is 12.2. The van der Waals surface area contributed by atoms with Gasteiger partial charge in [-0.05, 0) is 48.8 Å². The molecule has 1 aliphatic rings. The number of rotatable bonds is 4. The topological polar surface area (TPSA) is 70.0 Å². The van der Waals surface area contributed by atoms with Gasteiger partial charge in [-0.15, -0.1) is 0 Å². The third kappa shape index (κ3) is 4.83. The molecule has 1 N–H and O–H groups in total. The minimum absolute atomic E-state index is 0.0292. The molecule has 1 aromatic carbocycles. The maximum absolute atomic E-state index is 12.2. The van der Waals surface area contributed by atoms with E-state index in [0.29, 0.717) is 16.5 Å². The van der Waals surface area contributed by atoms with Crippen LogP contribution >= 0.6 is 0 Å². The lowest BCUT2D eigenvalue weighted by Gasteiger charge is -2.34. The molecule has 0 spiro atoms. The van der Waals surface area contributed by atoms with Crippen LogP contribution in [0.25, 0.3) is 0 Å². The number of hydrogen-bond acceptors (Lipinski definition) is 3. The van der Waals surface area contributed by atoms with Crippen LogP contribution in [0.1, 0.15) is 50.7 Å². The largest absolute Gasteiger partial charge is 0.216 e. The zero-order valence-electron chi connectivity index (χ0n) is 12.6. The predicted octanol–water partition coefficient (Wildman–Crippen LogP) is 2.95. The number of hydrogen-bond donors (Lipinski definition) is 1. The molecule has 0 atom stereocenters. The Morgan fingerprint density at radius 3 is 2.33 bits per heavy atom. The molecule has 1 fully saturated rings. The van der Waals surface area contributed by atoms with Crippen LogP contribution < -0.4 is 4.72 Å². The summed E-state index contributed by atoms with van der Waals surface area (Å²) in [6.45, 7) is 4.46. The third-order valence-corrected chi connectivity index (χ3v) is 5.53. The zero-order chi connectivity index (χ0) is 15.5. The molecule has 5 heteroatoms. The fraction of sp³-hybridized carbons (Fsp3) is 0.562. The lowest BCUT2D eigenvalue weighted by Crippen LogP contribution is -2.39. The van der Waals surface area contributed by atoms with Gasteiger partial charge >= 0.3 is 0 Å². The molecule has 2 rings (SSSR count). The van der Waals surface area contributed by atoms with E-state index in [4.69, 9.17) is 5.26 Å². The van der Waals surface area contributed by atoms with Crippen molar-refractivity contribution < 1.29 is 8.42 Å². The summed E-state index contributed by atoms with van der Waals surface area (Å²) in [5.41, 5.74) is 1.57. The van der Waals surface area contributed by atoms with Gasteiger partial charge in [-0.2, -0.15) is 5.26 Å². The molecule has 0 aliphatic heterocycles. The fourth-order valence-electron chi connectivity index (χ4n) is 2.71. The average Bonchev–Trinajstić information content (AvgIpc) is 2.41. The van der Waals surface area contributed by atoms with Gasteiger partial charge in [0, 0.05) is 6.04 Å². The van der Waals surface area contributed by atoms with Crippen LogP contribution in [0.5, 0.6) is 0 Å². The van der Waals surface area contributed by atoms with Gasteiger partial charge in [0.25, 0.3) is 0 Å². The van der Waals surface area contributed by atoms with Crippen molar-refractivity contribution in [3.63, 3.8) is 0 Å². The van der Waals surface area contributed by atoms with E-state index in [1.165, 1.54) is 0 Å². The maximum Gasteiger partial charge on any atom is 0.216 e. The molecule has 0 unspecified atom stereocenters. The summed E-state index contributed by atoms with van der Waals surface area (Å²) in [5, 5.41) is 8.74. The molecule has 0 heterocycles. The minimum Gasteiger partial charge on any atom is -0.212 e. The summed E-state index contributed by atoms with van der Waals surface area (Å²) in [6.07, 6.45) is 3.91. The van der Waals surface area contributed by atoms with Crippen molar-refractivity contribution >= 4 is 10.0 Å². The van der Waals surface area contributed by atoms with Gasteiger partial charge < -0.3 is 0 Å². The highest BCUT2D eigenvalue weighted by Gasteiger charge is 2.29. The van der Waals surface area contributed by atoms with Crippen molar-refractivity contribution in [2.75, 3.05) is 0 Å². The van der Waals surface area contributed by atoms with E-state index in [1.54, 1.807) is 24.3 Å². The van der Waals surface area contributed by atoms with Crippen LogP contribution in [0, 0.1) is 16.7 Å². The van der Waals surface area contributed by atoms with Crippen LogP contribution in [0.4, 0.5) is 0 Å². The molecule has 1 aliphatic carbocycles. The zero-order valence-corrected chi connectivity index (χ0v) is 13.4. The van der Waals surface area contributed by atoms with E-state index >= 15 is 0 Å². The van der Waals surface area contributed by atoms with Crippen molar-refractivity contribution in [2.45, 2.75) is 51.3 Å². The van der Waals surface area contributed by atoms with Crippen molar-refractivity contribution in [1.29, 1.82) is 5.26 Å². The Labute approximate surface area is 127 Å². The molecule has 21 heavy (non-hydrogen) atoms. The van der Waals surface area contributed by atoms with Gasteiger partial charge in [-0.1, -0.05) is 26.0 Å². The van der Waals surface area contributed by atoms with Crippen LogP contribution in [-0.4, -0.2) is 14.5 Å². The second-order valence-corrected chi connectivity index (χ2v) is 8.38. The lowest BCUT2D eigenvalue weighted by molar-refractivity contribution is 0.218. The summed E-state index contributed by atoms with van der Waals surface area (Å²) < 4.78 is 27.2. The fourth-order valence-corrected chi connectivity index (χ4v) is 4.17. The Morgan fingerprint density at radius 2 is 1.81 bits per heavy atom. The molecule has 4 nitrogen and oxygen atoms in total. The van der Waals surface area contributed by atoms with Crippen LogP contribution in [0.2, 0.25) is 0 Å². The Kier molecular flexibility index (Phi) is 4.70. The first-order chi connectivity index (χ1) is 9.80. The Bertz CT molecular complexity index is 617. The summed E-state index contributed by atoms with van der Waals surface area (Å²) >= 11 is 0. The Hall–Kier alpha value is -1.38. The monoisotopic (exact) mass is 306 g/mol. The number of nitrogens with zero attached hydrogens (tertiary/aromatic N) is 1. The molecular weight excluding hydrogens is 284 g/mol. The SMILES string of the molecule is CC1(C)CCC(NS(=O)(=O)Cc2ccc(C#N)cc2)CC1. The highest BCUT2D eigenvalue weighted by molar-refractivity contribution is 7.88. The summed E-state index contributed by atoms with van der Waals surface area (Å²) in [7, 11) is -3.32. The normalized spacial score (nSPS) is 19.1. The van der Waals surface area contributed by atoms with E-state index in [0.717, 1.165) is 25.7 Å². The minimum atomic E-state index is -3.32. The highest BCUT2D eigenvalue weighted by atomic mass is 32.2. The number of benzene rings is 1. The smallest absolute Gasteiger partial charge is 0.212 e. The number of nitrogens with one attached hydrogen (secondary N) is 1. The van der Waals surface area contributed by atoms with Gasteiger partial charge in [0.15, 0.2) is 0 Å². The van der Waals surface area contributed by atoms with Crippen molar-refractivity contribution in [3.8, 4) is 6.07 Å². The standard InChI is InChI=1S/C16H22N2O2S/c1-16(2)9-7-15(8-10-16)18-21(19,20)12-14-5-3-13(11-17)4-6-14/h3-6,15,18H,7-10,12H2,1-2H3. The van der Waals surface area contributed by atoms with Crippen molar-refractivity contribution in [2.24, 2.45) is 5.41 Å². The van der Waals surface area contributed by atoms with E-state index in [9.17, 15) is 8.42 Å². The molecule has 1 saturated carbocycles. The van der Waals surface area contributed by atoms with E-state index in [2.05, 4.69) is 18.6 Å². The van der Waals surface area contributed by atoms with Crippen molar-refractivity contribution in [3.05, 3.63) is 35.4 Å².